The highest BCUT2D eigenvalue weighted by atomic mass is 79.9. The van der Waals surface area contributed by atoms with Crippen LogP contribution in [-0.2, 0) is 0 Å². The summed E-state index contributed by atoms with van der Waals surface area (Å²) in [5.41, 5.74) is 1.17. The number of nitrogens with zero attached hydrogens (tertiary/aromatic N) is 1. The van der Waals surface area contributed by atoms with Gasteiger partial charge in [0, 0.05) is 16.9 Å². The van der Waals surface area contributed by atoms with E-state index >= 15 is 0 Å². The fourth-order valence-corrected chi connectivity index (χ4v) is 1.65. The van der Waals surface area contributed by atoms with E-state index < -0.39 is 0 Å². The number of hydrogen-bond acceptors (Lipinski definition) is 0. The van der Waals surface area contributed by atoms with E-state index in [2.05, 4.69) is 26.6 Å². The summed E-state index contributed by atoms with van der Waals surface area (Å²) in [6.07, 6.45) is 4.06. The van der Waals surface area contributed by atoms with Crippen molar-refractivity contribution >= 4 is 15.9 Å². The molecule has 0 aliphatic carbocycles. The topological polar surface area (TPSA) is 4.93 Å². The quantitative estimate of drug-likeness (QED) is 0.697. The number of aromatic nitrogens is 1. The Kier molecular flexibility index (Phi) is 2.00. The average molecular weight is 222 g/mol. The number of hydrogen-bond donors (Lipinski definition) is 0. The lowest BCUT2D eigenvalue weighted by atomic mass is 10.3. The molecular formula is C10H8BrN. The second-order valence-electron chi connectivity index (χ2n) is 2.54. The lowest BCUT2D eigenvalue weighted by molar-refractivity contribution is 1.07. The van der Waals surface area contributed by atoms with Crippen molar-refractivity contribution in [3.63, 3.8) is 0 Å². The average Bonchev–Trinajstić information content (AvgIpc) is 2.57. The number of benzene rings is 1. The lowest BCUT2D eigenvalue weighted by Crippen LogP contribution is -1.89. The summed E-state index contributed by atoms with van der Waals surface area (Å²) >= 11 is 3.50. The highest BCUT2D eigenvalue weighted by Crippen LogP contribution is 2.19. The maximum absolute atomic E-state index is 3.50. The third kappa shape index (κ3) is 1.30. The maximum Gasteiger partial charge on any atom is 0.0591 e. The third-order valence-electron chi connectivity index (χ3n) is 1.74. The molecule has 0 radical (unpaired) electrons. The molecule has 0 N–H and O–H groups in total. The first-order valence-corrected chi connectivity index (χ1v) is 4.55. The molecular weight excluding hydrogens is 214 g/mol. The number of para-hydroxylation sites is 1. The van der Waals surface area contributed by atoms with Gasteiger partial charge in [-0.2, -0.15) is 0 Å². The molecule has 0 aliphatic heterocycles. The molecule has 12 heavy (non-hydrogen) atoms. The van der Waals surface area contributed by atoms with Gasteiger partial charge in [-0.25, -0.2) is 0 Å². The van der Waals surface area contributed by atoms with Crippen LogP contribution in [0.4, 0.5) is 0 Å². The van der Waals surface area contributed by atoms with Crippen molar-refractivity contribution in [1.29, 1.82) is 0 Å². The molecule has 0 unspecified atom stereocenters. The molecule has 0 fully saturated rings. The van der Waals surface area contributed by atoms with Gasteiger partial charge in [0.1, 0.15) is 0 Å². The highest BCUT2D eigenvalue weighted by Gasteiger charge is 1.97. The zero-order chi connectivity index (χ0) is 8.39. The van der Waals surface area contributed by atoms with Crippen LogP contribution in [-0.4, -0.2) is 4.57 Å². The SMILES string of the molecule is Brc1ccccc1-n1cccc1. The van der Waals surface area contributed by atoms with Crippen LogP contribution in [0.5, 0.6) is 0 Å². The minimum Gasteiger partial charge on any atom is -0.323 e. The molecule has 0 bridgehead atoms. The number of rotatable bonds is 1. The van der Waals surface area contributed by atoms with E-state index in [1.165, 1.54) is 5.69 Å². The van der Waals surface area contributed by atoms with Gasteiger partial charge in [-0.05, 0) is 40.2 Å². The standard InChI is InChI=1S/C10H8BrN/c11-9-5-1-2-6-10(9)12-7-3-4-8-12/h1-8H. The van der Waals surface area contributed by atoms with Gasteiger partial charge in [0.25, 0.3) is 0 Å². The summed E-state index contributed by atoms with van der Waals surface area (Å²) in [7, 11) is 0. The summed E-state index contributed by atoms with van der Waals surface area (Å²) in [6, 6.07) is 12.2. The molecule has 1 nitrogen and oxygen atoms in total. The zero-order valence-electron chi connectivity index (χ0n) is 6.44. The fourth-order valence-electron chi connectivity index (χ4n) is 1.16. The van der Waals surface area contributed by atoms with Gasteiger partial charge in [0.15, 0.2) is 0 Å². The van der Waals surface area contributed by atoms with Gasteiger partial charge in [0.05, 0.1) is 5.69 Å². The first-order valence-electron chi connectivity index (χ1n) is 3.76. The zero-order valence-corrected chi connectivity index (χ0v) is 8.03. The third-order valence-corrected chi connectivity index (χ3v) is 2.41. The molecule has 2 rings (SSSR count). The highest BCUT2D eigenvalue weighted by molar-refractivity contribution is 9.10. The molecule has 1 heterocycles. The van der Waals surface area contributed by atoms with Crippen molar-refractivity contribution in [2.75, 3.05) is 0 Å². The second kappa shape index (κ2) is 3.15. The molecule has 1 aromatic carbocycles. The summed E-state index contributed by atoms with van der Waals surface area (Å²) in [5.74, 6) is 0. The second-order valence-corrected chi connectivity index (χ2v) is 3.40. The van der Waals surface area contributed by atoms with Crippen LogP contribution in [0.2, 0.25) is 0 Å². The molecule has 0 aliphatic rings. The Balaban J connectivity index is 2.55. The van der Waals surface area contributed by atoms with Gasteiger partial charge in [-0.1, -0.05) is 12.1 Å². The van der Waals surface area contributed by atoms with Crippen molar-refractivity contribution < 1.29 is 0 Å². The van der Waals surface area contributed by atoms with E-state index in [4.69, 9.17) is 0 Å². The fraction of sp³-hybridized carbons (Fsp3) is 0. The van der Waals surface area contributed by atoms with Crippen LogP contribution < -0.4 is 0 Å². The Morgan fingerprint density at radius 1 is 0.917 bits per heavy atom. The molecule has 0 spiro atoms. The van der Waals surface area contributed by atoms with Crippen molar-refractivity contribution in [2.45, 2.75) is 0 Å². The Morgan fingerprint density at radius 3 is 2.25 bits per heavy atom. The maximum atomic E-state index is 3.50. The van der Waals surface area contributed by atoms with E-state index in [9.17, 15) is 0 Å². The van der Waals surface area contributed by atoms with Gasteiger partial charge in [0.2, 0.25) is 0 Å². The van der Waals surface area contributed by atoms with E-state index in [0.29, 0.717) is 0 Å². The molecule has 60 valence electrons. The van der Waals surface area contributed by atoms with E-state index in [1.807, 2.05) is 42.7 Å². The van der Waals surface area contributed by atoms with Gasteiger partial charge in [-0.15, -0.1) is 0 Å². The molecule has 0 saturated carbocycles. The van der Waals surface area contributed by atoms with Crippen LogP contribution in [0.15, 0.2) is 53.3 Å². The first-order chi connectivity index (χ1) is 5.88. The van der Waals surface area contributed by atoms with Crippen molar-refractivity contribution in [3.8, 4) is 5.69 Å². The normalized spacial score (nSPS) is 10.1. The van der Waals surface area contributed by atoms with Crippen LogP contribution in [0.1, 0.15) is 0 Å². The van der Waals surface area contributed by atoms with E-state index in [-0.39, 0.29) is 0 Å². The van der Waals surface area contributed by atoms with Crippen LogP contribution in [0.3, 0.4) is 0 Å². The van der Waals surface area contributed by atoms with Crippen LogP contribution in [0.25, 0.3) is 5.69 Å². The molecule has 2 aromatic rings. The summed E-state index contributed by atoms with van der Waals surface area (Å²) in [6.45, 7) is 0. The lowest BCUT2D eigenvalue weighted by Gasteiger charge is -2.03. The smallest absolute Gasteiger partial charge is 0.0591 e. The Labute approximate surface area is 79.8 Å². The van der Waals surface area contributed by atoms with Crippen molar-refractivity contribution in [2.24, 2.45) is 0 Å². The Morgan fingerprint density at radius 2 is 1.58 bits per heavy atom. The largest absolute Gasteiger partial charge is 0.323 e. The molecule has 0 amide bonds. The van der Waals surface area contributed by atoms with E-state index in [0.717, 1.165) is 4.47 Å². The minimum absolute atomic E-state index is 1.11. The van der Waals surface area contributed by atoms with Gasteiger partial charge >= 0.3 is 0 Å². The first kappa shape index (κ1) is 7.62. The summed E-state index contributed by atoms with van der Waals surface area (Å²) in [5, 5.41) is 0. The Bertz CT molecular complexity index is 365. The molecule has 0 atom stereocenters. The van der Waals surface area contributed by atoms with Crippen LogP contribution in [0, 0.1) is 0 Å². The van der Waals surface area contributed by atoms with Crippen LogP contribution >= 0.6 is 15.9 Å². The number of halogens is 1. The molecule has 2 heteroatoms. The molecule has 0 saturated heterocycles. The minimum atomic E-state index is 1.11. The Hall–Kier alpha value is -1.02. The predicted octanol–water partition coefficient (Wildman–Crippen LogP) is 3.24. The monoisotopic (exact) mass is 221 g/mol. The van der Waals surface area contributed by atoms with Crippen molar-refractivity contribution in [1.82, 2.24) is 4.57 Å². The van der Waals surface area contributed by atoms with Crippen molar-refractivity contribution in [3.05, 3.63) is 53.3 Å². The predicted molar refractivity (Wildman–Crippen MR) is 53.5 cm³/mol. The van der Waals surface area contributed by atoms with Gasteiger partial charge in [-0.3, -0.25) is 0 Å². The summed E-state index contributed by atoms with van der Waals surface area (Å²) in [4.78, 5) is 0. The van der Waals surface area contributed by atoms with Gasteiger partial charge < -0.3 is 4.57 Å². The van der Waals surface area contributed by atoms with E-state index in [1.54, 1.807) is 0 Å². The molecule has 1 aromatic heterocycles. The summed E-state index contributed by atoms with van der Waals surface area (Å²) < 4.78 is 3.19.